The number of aryl methyl sites for hydroxylation is 1. The lowest BCUT2D eigenvalue weighted by Gasteiger charge is -2.08. The largest absolute Gasteiger partial charge is 0.405 e. The first-order chi connectivity index (χ1) is 8.58. The van der Waals surface area contributed by atoms with Gasteiger partial charge in [-0.25, -0.2) is 0 Å². The van der Waals surface area contributed by atoms with E-state index in [0.717, 1.165) is 11.3 Å². The first kappa shape index (κ1) is 14.1. The molecule has 1 rings (SSSR count). The molecule has 0 heterocycles. The summed E-state index contributed by atoms with van der Waals surface area (Å²) in [5, 5.41) is 7.79. The van der Waals surface area contributed by atoms with E-state index in [9.17, 15) is 0 Å². The molecule has 0 atom stereocenters. The van der Waals surface area contributed by atoms with E-state index in [-0.39, 0.29) is 0 Å². The normalized spacial score (nSPS) is 11.9. The van der Waals surface area contributed by atoms with E-state index in [1.165, 1.54) is 12.4 Å². The van der Waals surface area contributed by atoms with Crippen LogP contribution in [0.5, 0.6) is 0 Å². The minimum Gasteiger partial charge on any atom is -0.405 e. The zero-order valence-corrected chi connectivity index (χ0v) is 10.7. The summed E-state index contributed by atoms with van der Waals surface area (Å²) in [4.78, 5) is 0. The van der Waals surface area contributed by atoms with E-state index >= 15 is 0 Å². The first-order valence-corrected chi connectivity index (χ1v) is 5.87. The highest BCUT2D eigenvalue weighted by molar-refractivity contribution is 6.31. The molecule has 0 spiro atoms. The number of benzene rings is 1. The van der Waals surface area contributed by atoms with E-state index in [1.807, 2.05) is 0 Å². The van der Waals surface area contributed by atoms with E-state index in [1.54, 1.807) is 24.3 Å². The molecule has 0 aliphatic heterocycles. The van der Waals surface area contributed by atoms with Crippen LogP contribution in [0, 0.1) is 5.41 Å². The van der Waals surface area contributed by atoms with Gasteiger partial charge in [0.15, 0.2) is 0 Å². The Hall–Kier alpha value is -1.94. The molecule has 4 nitrogen and oxygen atoms in total. The van der Waals surface area contributed by atoms with E-state index in [0.29, 0.717) is 29.1 Å². The number of nitrogens with two attached hydrogens (primary N) is 3. The molecule has 0 saturated carbocycles. The molecule has 0 aliphatic rings. The molecule has 1 aromatic rings. The maximum absolute atomic E-state index is 7.19. The third-order valence-electron chi connectivity index (χ3n) is 2.51. The number of hydrogen-bond acceptors (Lipinski definition) is 4. The maximum atomic E-state index is 7.19. The molecule has 0 fully saturated rings. The highest BCUT2D eigenvalue weighted by Crippen LogP contribution is 2.24. The molecule has 0 saturated heterocycles. The summed E-state index contributed by atoms with van der Waals surface area (Å²) in [6, 6.07) is 3.48. The fraction of sp³-hybridized carbons (Fsp3) is 0.154. The number of rotatable bonds is 5. The van der Waals surface area contributed by atoms with Gasteiger partial charge in [-0.05, 0) is 48.9 Å². The third-order valence-corrected chi connectivity index (χ3v) is 2.86. The second-order valence-electron chi connectivity index (χ2n) is 3.84. The van der Waals surface area contributed by atoms with E-state index < -0.39 is 0 Å². The number of nitrogens with one attached hydrogen (secondary N) is 1. The standard InChI is InChI=1S/C13H17ClN4/c14-12-6-10(8-16)13(18)7-9(12)3-4-11(17)2-1-5-15/h1-2,5-8,16H,3-4,15,17-18H2/b5-1?,11-2-,16-8?. The quantitative estimate of drug-likeness (QED) is 0.372. The number of allylic oxidation sites excluding steroid dienone is 3. The van der Waals surface area contributed by atoms with Gasteiger partial charge in [-0.15, -0.1) is 0 Å². The van der Waals surface area contributed by atoms with Gasteiger partial charge in [-0.1, -0.05) is 11.6 Å². The zero-order chi connectivity index (χ0) is 13.5. The number of anilines is 1. The monoisotopic (exact) mass is 264 g/mol. The van der Waals surface area contributed by atoms with Crippen molar-refractivity contribution in [1.29, 1.82) is 5.41 Å². The Bertz CT molecular complexity index is 492. The van der Waals surface area contributed by atoms with Crippen LogP contribution in [0.25, 0.3) is 0 Å². The summed E-state index contributed by atoms with van der Waals surface area (Å²) < 4.78 is 0. The molecule has 0 aliphatic carbocycles. The SMILES string of the molecule is N=Cc1cc(Cl)c(CC/C(N)=C/C=CN)cc1N. The molecule has 0 unspecified atom stereocenters. The number of halogens is 1. The fourth-order valence-corrected chi connectivity index (χ4v) is 1.78. The molecule has 96 valence electrons. The van der Waals surface area contributed by atoms with Crippen LogP contribution in [-0.2, 0) is 6.42 Å². The minimum absolute atomic E-state index is 0.550. The van der Waals surface area contributed by atoms with Crippen LogP contribution in [0.15, 0.2) is 36.2 Å². The van der Waals surface area contributed by atoms with Crippen LogP contribution in [0.3, 0.4) is 0 Å². The van der Waals surface area contributed by atoms with Gasteiger partial charge in [-0.2, -0.15) is 0 Å². The van der Waals surface area contributed by atoms with Crippen molar-refractivity contribution in [2.24, 2.45) is 11.5 Å². The maximum Gasteiger partial charge on any atom is 0.0446 e. The lowest BCUT2D eigenvalue weighted by atomic mass is 10.0. The Kier molecular flexibility index (Phi) is 5.27. The number of nitrogen functional groups attached to an aromatic ring is 1. The van der Waals surface area contributed by atoms with Gasteiger partial charge in [0.2, 0.25) is 0 Å². The Morgan fingerprint density at radius 1 is 1.39 bits per heavy atom. The summed E-state index contributed by atoms with van der Waals surface area (Å²) in [6.45, 7) is 0. The van der Waals surface area contributed by atoms with Gasteiger partial charge >= 0.3 is 0 Å². The average molecular weight is 265 g/mol. The Labute approximate surface area is 112 Å². The Morgan fingerprint density at radius 2 is 2.11 bits per heavy atom. The van der Waals surface area contributed by atoms with Crippen molar-refractivity contribution in [1.82, 2.24) is 0 Å². The van der Waals surface area contributed by atoms with Gasteiger partial charge in [0.25, 0.3) is 0 Å². The number of hydrogen-bond donors (Lipinski definition) is 4. The first-order valence-electron chi connectivity index (χ1n) is 5.49. The molecule has 0 aromatic heterocycles. The summed E-state index contributed by atoms with van der Waals surface area (Å²) in [5.41, 5.74) is 19.6. The molecule has 18 heavy (non-hydrogen) atoms. The van der Waals surface area contributed by atoms with Crippen LogP contribution < -0.4 is 17.2 Å². The Morgan fingerprint density at radius 3 is 2.72 bits per heavy atom. The predicted octanol–water partition coefficient (Wildman–Crippen LogP) is 2.17. The Balaban J connectivity index is 2.80. The molecular formula is C13H17ClN4. The summed E-state index contributed by atoms with van der Waals surface area (Å²) in [7, 11) is 0. The van der Waals surface area contributed by atoms with Crippen molar-refractivity contribution < 1.29 is 0 Å². The second kappa shape index (κ2) is 6.71. The third kappa shape index (κ3) is 3.82. The van der Waals surface area contributed by atoms with E-state index in [2.05, 4.69) is 0 Å². The van der Waals surface area contributed by atoms with Crippen molar-refractivity contribution in [3.63, 3.8) is 0 Å². The summed E-state index contributed by atoms with van der Waals surface area (Å²) >= 11 is 6.11. The van der Waals surface area contributed by atoms with Crippen LogP contribution in [0.1, 0.15) is 17.5 Å². The highest BCUT2D eigenvalue weighted by Gasteiger charge is 2.05. The van der Waals surface area contributed by atoms with Crippen LogP contribution in [0.4, 0.5) is 5.69 Å². The van der Waals surface area contributed by atoms with Gasteiger partial charge in [0.05, 0.1) is 0 Å². The average Bonchev–Trinajstić information content (AvgIpc) is 2.36. The second-order valence-corrected chi connectivity index (χ2v) is 4.25. The smallest absolute Gasteiger partial charge is 0.0446 e. The van der Waals surface area contributed by atoms with Crippen molar-refractivity contribution in [3.8, 4) is 0 Å². The van der Waals surface area contributed by atoms with Gasteiger partial charge < -0.3 is 22.6 Å². The van der Waals surface area contributed by atoms with Crippen molar-refractivity contribution >= 4 is 23.5 Å². The van der Waals surface area contributed by atoms with Crippen LogP contribution >= 0.6 is 11.6 Å². The predicted molar refractivity (Wildman–Crippen MR) is 77.7 cm³/mol. The fourth-order valence-electron chi connectivity index (χ4n) is 1.51. The van der Waals surface area contributed by atoms with Crippen LogP contribution in [-0.4, -0.2) is 6.21 Å². The minimum atomic E-state index is 0.550. The molecule has 0 radical (unpaired) electrons. The summed E-state index contributed by atoms with van der Waals surface area (Å²) in [6.07, 6.45) is 7.42. The highest BCUT2D eigenvalue weighted by atomic mass is 35.5. The van der Waals surface area contributed by atoms with Crippen molar-refractivity contribution in [2.75, 3.05) is 5.73 Å². The lowest BCUT2D eigenvalue weighted by Crippen LogP contribution is -2.01. The molecule has 7 N–H and O–H groups in total. The lowest BCUT2D eigenvalue weighted by molar-refractivity contribution is 0.927. The van der Waals surface area contributed by atoms with Gasteiger partial charge in [0.1, 0.15) is 0 Å². The zero-order valence-electron chi connectivity index (χ0n) is 9.99. The molecule has 5 heteroatoms. The van der Waals surface area contributed by atoms with Gasteiger partial charge in [-0.3, -0.25) is 0 Å². The molecule has 1 aromatic carbocycles. The topological polar surface area (TPSA) is 102 Å². The van der Waals surface area contributed by atoms with Crippen molar-refractivity contribution in [2.45, 2.75) is 12.8 Å². The molecule has 0 bridgehead atoms. The summed E-state index contributed by atoms with van der Waals surface area (Å²) in [5.74, 6) is 0. The van der Waals surface area contributed by atoms with Crippen LogP contribution in [0.2, 0.25) is 5.02 Å². The molecule has 0 amide bonds. The van der Waals surface area contributed by atoms with E-state index in [4.69, 9.17) is 34.2 Å². The van der Waals surface area contributed by atoms with Gasteiger partial charge in [0, 0.05) is 28.2 Å². The van der Waals surface area contributed by atoms with Crippen molar-refractivity contribution in [3.05, 3.63) is 52.3 Å². The molecular weight excluding hydrogens is 248 g/mol.